The van der Waals surface area contributed by atoms with Gasteiger partial charge in [0.1, 0.15) is 17.4 Å². The number of hydrogen-bond acceptors (Lipinski definition) is 3. The van der Waals surface area contributed by atoms with E-state index in [1.807, 2.05) is 41.3 Å². The molecule has 1 amide bonds. The third-order valence-electron chi connectivity index (χ3n) is 4.21. The molecule has 0 N–H and O–H groups in total. The summed E-state index contributed by atoms with van der Waals surface area (Å²) in [6.07, 6.45) is 2.37. The molecule has 4 nitrogen and oxygen atoms in total. The van der Waals surface area contributed by atoms with Crippen molar-refractivity contribution in [1.82, 2.24) is 4.98 Å². The molecule has 0 bridgehead atoms. The molecule has 0 atom stereocenters. The first-order valence-corrected chi connectivity index (χ1v) is 8.17. The fourth-order valence-electron chi connectivity index (χ4n) is 2.84. The van der Waals surface area contributed by atoms with Gasteiger partial charge in [-0.05, 0) is 30.9 Å². The predicted octanol–water partition coefficient (Wildman–Crippen LogP) is 3.33. The van der Waals surface area contributed by atoms with Crippen molar-refractivity contribution < 1.29 is 4.79 Å². The minimum Gasteiger partial charge on any atom is -0.308 e. The van der Waals surface area contributed by atoms with E-state index in [2.05, 4.69) is 9.98 Å². The van der Waals surface area contributed by atoms with E-state index >= 15 is 0 Å². The highest BCUT2D eigenvalue weighted by Gasteiger charge is 2.31. The number of benzene rings is 1. The van der Waals surface area contributed by atoms with Gasteiger partial charge in [-0.3, -0.25) is 9.79 Å². The van der Waals surface area contributed by atoms with Gasteiger partial charge in [0.05, 0.1) is 11.4 Å². The average Bonchev–Trinajstić information content (AvgIpc) is 3.39. The molecule has 1 aromatic carbocycles. The van der Waals surface area contributed by atoms with E-state index in [0.29, 0.717) is 16.8 Å². The highest BCUT2D eigenvalue weighted by atomic mass is 35.5. The molecule has 1 aromatic heterocycles. The molecule has 23 heavy (non-hydrogen) atoms. The van der Waals surface area contributed by atoms with E-state index in [4.69, 9.17) is 11.6 Å². The number of hydrogen-bond donors (Lipinski definition) is 0. The Labute approximate surface area is 139 Å². The molecule has 1 aliphatic carbocycles. The lowest BCUT2D eigenvalue weighted by molar-refractivity contribution is -0.117. The Kier molecular flexibility index (Phi) is 3.62. The minimum absolute atomic E-state index is 0.0215. The van der Waals surface area contributed by atoms with Crippen molar-refractivity contribution in [2.75, 3.05) is 18.0 Å². The second-order valence-corrected chi connectivity index (χ2v) is 6.37. The summed E-state index contributed by atoms with van der Waals surface area (Å²) in [6.45, 7) is 0.887. The van der Waals surface area contributed by atoms with E-state index in [9.17, 15) is 4.79 Å². The number of halogens is 1. The van der Waals surface area contributed by atoms with Gasteiger partial charge in [0, 0.05) is 12.1 Å². The lowest BCUT2D eigenvalue weighted by atomic mass is 10.1. The zero-order valence-electron chi connectivity index (χ0n) is 12.6. The molecule has 0 unspecified atom stereocenters. The van der Waals surface area contributed by atoms with Crippen molar-refractivity contribution in [3.05, 3.63) is 58.9 Å². The quantitative estimate of drug-likeness (QED) is 0.813. The molecule has 5 heteroatoms. The Morgan fingerprint density at radius 2 is 1.91 bits per heavy atom. The molecule has 2 aliphatic rings. The van der Waals surface area contributed by atoms with Gasteiger partial charge in [-0.1, -0.05) is 41.9 Å². The number of nitrogens with zero attached hydrogens (tertiary/aromatic N) is 3. The second-order valence-electron chi connectivity index (χ2n) is 5.98. The van der Waals surface area contributed by atoms with Crippen LogP contribution >= 0.6 is 11.6 Å². The molecule has 0 radical (unpaired) electrons. The van der Waals surface area contributed by atoms with Crippen molar-refractivity contribution in [3.63, 3.8) is 0 Å². The standard InChI is InChI=1S/C18H16ClN3O/c19-15-9-8-14-18(21-15)17(13-4-2-1-3-5-13)20-10-16(23)22(14)11-12-6-7-12/h1-5,8-9,12H,6-7,10-11H2. The summed E-state index contributed by atoms with van der Waals surface area (Å²) < 4.78 is 0. The normalized spacial score (nSPS) is 17.5. The van der Waals surface area contributed by atoms with Crippen LogP contribution in [0, 0.1) is 5.92 Å². The van der Waals surface area contributed by atoms with Gasteiger partial charge < -0.3 is 4.90 Å². The van der Waals surface area contributed by atoms with Crippen molar-refractivity contribution in [1.29, 1.82) is 0 Å². The maximum Gasteiger partial charge on any atom is 0.248 e. The first-order chi connectivity index (χ1) is 11.2. The first-order valence-electron chi connectivity index (χ1n) is 7.79. The topological polar surface area (TPSA) is 45.6 Å². The highest BCUT2D eigenvalue weighted by Crippen LogP contribution is 2.34. The van der Waals surface area contributed by atoms with Crippen LogP contribution < -0.4 is 4.90 Å². The molecule has 1 fully saturated rings. The summed E-state index contributed by atoms with van der Waals surface area (Å²) in [6, 6.07) is 13.4. The molecule has 4 rings (SSSR count). The molecular weight excluding hydrogens is 310 g/mol. The molecule has 116 valence electrons. The SMILES string of the molecule is O=C1CN=C(c2ccccc2)c2nc(Cl)ccc2N1CC1CC1. The number of amides is 1. The van der Waals surface area contributed by atoms with Crippen LogP contribution in [0.2, 0.25) is 5.15 Å². The van der Waals surface area contributed by atoms with E-state index < -0.39 is 0 Å². The molecule has 0 spiro atoms. The van der Waals surface area contributed by atoms with Crippen LogP contribution in [0.5, 0.6) is 0 Å². The number of rotatable bonds is 3. The number of anilines is 1. The van der Waals surface area contributed by atoms with Gasteiger partial charge in [-0.15, -0.1) is 0 Å². The average molecular weight is 326 g/mol. The summed E-state index contributed by atoms with van der Waals surface area (Å²) in [5, 5.41) is 0.410. The number of carbonyl (C=O) groups is 1. The number of aromatic nitrogens is 1. The zero-order chi connectivity index (χ0) is 15.8. The van der Waals surface area contributed by atoms with Gasteiger partial charge in [0.2, 0.25) is 5.91 Å². The minimum atomic E-state index is 0.0215. The fourth-order valence-corrected chi connectivity index (χ4v) is 2.99. The molecule has 2 heterocycles. The van der Waals surface area contributed by atoms with Crippen LogP contribution in [0.1, 0.15) is 24.1 Å². The lowest BCUT2D eigenvalue weighted by Gasteiger charge is -2.22. The maximum absolute atomic E-state index is 12.6. The maximum atomic E-state index is 12.6. The Hall–Kier alpha value is -2.20. The third-order valence-corrected chi connectivity index (χ3v) is 4.42. The van der Waals surface area contributed by atoms with Crippen LogP contribution in [-0.2, 0) is 4.79 Å². The molecule has 1 saturated carbocycles. The summed E-state index contributed by atoms with van der Waals surface area (Å²) in [7, 11) is 0. The number of fused-ring (bicyclic) bond motifs is 1. The summed E-state index contributed by atoms with van der Waals surface area (Å²) in [5.74, 6) is 0.619. The molecular formula is C18H16ClN3O. The number of aliphatic imine (C=N–C) groups is 1. The Morgan fingerprint density at radius 3 is 2.65 bits per heavy atom. The van der Waals surface area contributed by atoms with Crippen molar-refractivity contribution in [2.45, 2.75) is 12.8 Å². The molecule has 2 aromatic rings. The Balaban J connectivity index is 1.84. The summed E-state index contributed by atoms with van der Waals surface area (Å²) >= 11 is 6.12. The largest absolute Gasteiger partial charge is 0.308 e. The van der Waals surface area contributed by atoms with Crippen LogP contribution in [0.3, 0.4) is 0 Å². The highest BCUT2D eigenvalue weighted by molar-refractivity contribution is 6.30. The summed E-state index contributed by atoms with van der Waals surface area (Å²) in [5.41, 5.74) is 3.18. The van der Waals surface area contributed by atoms with E-state index in [1.165, 1.54) is 12.8 Å². The lowest BCUT2D eigenvalue weighted by Crippen LogP contribution is -2.34. The summed E-state index contributed by atoms with van der Waals surface area (Å²) in [4.78, 5) is 23.4. The van der Waals surface area contributed by atoms with E-state index in [-0.39, 0.29) is 12.5 Å². The Bertz CT molecular complexity index is 784. The second kappa shape index (κ2) is 5.78. The van der Waals surface area contributed by atoms with Crippen LogP contribution in [0.15, 0.2) is 47.5 Å². The molecule has 0 saturated heterocycles. The zero-order valence-corrected chi connectivity index (χ0v) is 13.3. The van der Waals surface area contributed by atoms with Gasteiger partial charge in [0.25, 0.3) is 0 Å². The van der Waals surface area contributed by atoms with Crippen LogP contribution in [0.4, 0.5) is 5.69 Å². The van der Waals surface area contributed by atoms with Gasteiger partial charge >= 0.3 is 0 Å². The van der Waals surface area contributed by atoms with Crippen molar-refractivity contribution in [2.24, 2.45) is 10.9 Å². The van der Waals surface area contributed by atoms with Crippen molar-refractivity contribution >= 4 is 28.9 Å². The fraction of sp³-hybridized carbons (Fsp3) is 0.278. The molecule has 1 aliphatic heterocycles. The van der Waals surface area contributed by atoms with Gasteiger partial charge in [-0.25, -0.2) is 4.98 Å². The smallest absolute Gasteiger partial charge is 0.248 e. The predicted molar refractivity (Wildman–Crippen MR) is 91.3 cm³/mol. The number of pyridine rings is 1. The third kappa shape index (κ3) is 2.86. The number of carbonyl (C=O) groups excluding carboxylic acids is 1. The first kappa shape index (κ1) is 14.4. The van der Waals surface area contributed by atoms with E-state index in [1.54, 1.807) is 6.07 Å². The van der Waals surface area contributed by atoms with Crippen molar-refractivity contribution in [3.8, 4) is 0 Å². The van der Waals surface area contributed by atoms with E-state index in [0.717, 1.165) is 23.5 Å². The van der Waals surface area contributed by atoms with Gasteiger partial charge in [-0.2, -0.15) is 0 Å². The van der Waals surface area contributed by atoms with Gasteiger partial charge in [0.15, 0.2) is 0 Å². The van der Waals surface area contributed by atoms with Crippen LogP contribution in [0.25, 0.3) is 0 Å². The monoisotopic (exact) mass is 325 g/mol. The van der Waals surface area contributed by atoms with Crippen LogP contribution in [-0.4, -0.2) is 29.7 Å². The Morgan fingerprint density at radius 1 is 1.13 bits per heavy atom.